The Morgan fingerprint density at radius 1 is 1.14 bits per heavy atom. The second-order valence-electron chi connectivity index (χ2n) is 10.4. The minimum atomic E-state index is -1.09. The lowest BCUT2D eigenvalue weighted by molar-refractivity contribution is 0.0690. The predicted octanol–water partition coefficient (Wildman–Crippen LogP) is 3.67. The highest BCUT2D eigenvalue weighted by Gasteiger charge is 2.26. The summed E-state index contributed by atoms with van der Waals surface area (Å²) in [5.74, 6) is -1.13. The van der Waals surface area contributed by atoms with Crippen molar-refractivity contribution in [3.63, 3.8) is 0 Å². The second-order valence-corrected chi connectivity index (χ2v) is 10.8. The molecule has 1 saturated carbocycles. The number of carbonyl (C=O) groups is 2. The number of imidazole rings is 3. The van der Waals surface area contributed by atoms with Gasteiger partial charge in [-0.15, -0.1) is 5.10 Å². The molecular weight excluding hydrogens is 579 g/mol. The Hall–Kier alpha value is -5.11. The molecule has 218 valence electrons. The zero-order valence-electron chi connectivity index (χ0n) is 22.8. The number of hydrogen-bond donors (Lipinski definition) is 2. The Balaban J connectivity index is 1.13. The van der Waals surface area contributed by atoms with Gasteiger partial charge in [-0.25, -0.2) is 28.8 Å². The van der Waals surface area contributed by atoms with Crippen molar-refractivity contribution in [3.8, 4) is 5.69 Å². The predicted molar refractivity (Wildman–Crippen MR) is 151 cm³/mol. The Kier molecular flexibility index (Phi) is 6.42. The molecule has 0 spiro atoms. The van der Waals surface area contributed by atoms with Crippen LogP contribution >= 0.6 is 11.6 Å². The van der Waals surface area contributed by atoms with Gasteiger partial charge in [-0.1, -0.05) is 23.7 Å². The molecule has 6 heterocycles. The van der Waals surface area contributed by atoms with Gasteiger partial charge in [-0.05, 0) is 36.5 Å². The van der Waals surface area contributed by atoms with Crippen LogP contribution in [0.3, 0.4) is 0 Å². The number of aromatic carboxylic acids is 1. The van der Waals surface area contributed by atoms with Crippen molar-refractivity contribution >= 4 is 34.6 Å². The Morgan fingerprint density at radius 3 is 2.74 bits per heavy atom. The molecule has 6 aromatic rings. The quantitative estimate of drug-likeness (QED) is 0.255. The Bertz CT molecular complexity index is 2050. The molecule has 0 bridgehead atoms. The number of amides is 1. The Morgan fingerprint density at radius 2 is 1.98 bits per heavy atom. The van der Waals surface area contributed by atoms with Gasteiger partial charge in [0.15, 0.2) is 22.9 Å². The molecule has 43 heavy (non-hydrogen) atoms. The van der Waals surface area contributed by atoms with Gasteiger partial charge in [0.1, 0.15) is 11.3 Å². The van der Waals surface area contributed by atoms with Crippen LogP contribution < -0.4 is 5.32 Å². The molecule has 1 aliphatic carbocycles. The monoisotopic (exact) mass is 602 g/mol. The van der Waals surface area contributed by atoms with Gasteiger partial charge in [0.2, 0.25) is 0 Å². The van der Waals surface area contributed by atoms with Crippen LogP contribution in [-0.2, 0) is 19.5 Å². The van der Waals surface area contributed by atoms with E-state index < -0.39 is 17.7 Å². The van der Waals surface area contributed by atoms with Gasteiger partial charge < -0.3 is 19.2 Å². The first-order valence-corrected chi connectivity index (χ1v) is 14.0. The van der Waals surface area contributed by atoms with Crippen molar-refractivity contribution in [1.82, 2.24) is 48.6 Å². The molecule has 6 aromatic heterocycles. The van der Waals surface area contributed by atoms with Crippen molar-refractivity contribution in [1.29, 1.82) is 0 Å². The normalized spacial score (nSPS) is 13.3. The van der Waals surface area contributed by atoms with E-state index in [1.165, 1.54) is 33.9 Å². The van der Waals surface area contributed by atoms with Crippen LogP contribution in [0, 0.1) is 5.82 Å². The largest absolute Gasteiger partial charge is 0.476 e. The number of pyridine rings is 2. The van der Waals surface area contributed by atoms with Crippen molar-refractivity contribution < 1.29 is 19.1 Å². The molecule has 13 nitrogen and oxygen atoms in total. The van der Waals surface area contributed by atoms with E-state index in [9.17, 15) is 19.1 Å². The third-order valence-electron chi connectivity index (χ3n) is 7.41. The van der Waals surface area contributed by atoms with Gasteiger partial charge in [0, 0.05) is 31.2 Å². The van der Waals surface area contributed by atoms with Crippen molar-refractivity contribution in [3.05, 3.63) is 94.4 Å². The third kappa shape index (κ3) is 4.88. The summed E-state index contributed by atoms with van der Waals surface area (Å²) in [7, 11) is 0. The number of nitrogens with one attached hydrogen (secondary N) is 1. The maximum atomic E-state index is 14.5. The number of aromatic nitrogens is 9. The molecule has 1 amide bonds. The number of carboxylic acid groups (broad SMARTS) is 1. The van der Waals surface area contributed by atoms with E-state index in [2.05, 4.69) is 31.7 Å². The van der Waals surface area contributed by atoms with Crippen LogP contribution in [0.4, 0.5) is 4.39 Å². The van der Waals surface area contributed by atoms with E-state index in [1.807, 2.05) is 23.7 Å². The SMILES string of the molecule is CCc1nc(C(=O)O)cn1-c1cc(C2CC2)cn2cc(Cn3cc(C(=O)NCc4ncn5ccc(Cl)c(F)c45)nn3)nc12. The van der Waals surface area contributed by atoms with E-state index in [4.69, 9.17) is 16.6 Å². The first-order chi connectivity index (χ1) is 20.8. The summed E-state index contributed by atoms with van der Waals surface area (Å²) >= 11 is 5.90. The third-order valence-corrected chi connectivity index (χ3v) is 7.70. The minimum absolute atomic E-state index is 0.0259. The van der Waals surface area contributed by atoms with Gasteiger partial charge in [-0.3, -0.25) is 9.36 Å². The van der Waals surface area contributed by atoms with E-state index >= 15 is 0 Å². The highest BCUT2D eigenvalue weighted by molar-refractivity contribution is 6.31. The van der Waals surface area contributed by atoms with Crippen LogP contribution in [0.15, 0.2) is 49.4 Å². The first kappa shape index (κ1) is 26.8. The van der Waals surface area contributed by atoms with E-state index in [0.29, 0.717) is 35.2 Å². The molecule has 0 aromatic carbocycles. The molecule has 2 N–H and O–H groups in total. The Labute approximate surface area is 247 Å². The van der Waals surface area contributed by atoms with Gasteiger partial charge in [0.05, 0.1) is 47.7 Å². The molecule has 0 atom stereocenters. The summed E-state index contributed by atoms with van der Waals surface area (Å²) in [6, 6.07) is 3.48. The van der Waals surface area contributed by atoms with Crippen molar-refractivity contribution in [2.45, 2.75) is 45.2 Å². The van der Waals surface area contributed by atoms with Crippen LogP contribution in [0.25, 0.3) is 16.9 Å². The number of halogens is 2. The molecular formula is C28H24ClFN10O3. The summed E-state index contributed by atoms with van der Waals surface area (Å²) in [5, 5.41) is 20.3. The molecule has 0 radical (unpaired) electrons. The van der Waals surface area contributed by atoms with Crippen molar-refractivity contribution in [2.75, 3.05) is 0 Å². The molecule has 0 aliphatic heterocycles. The number of nitrogens with zero attached hydrogens (tertiary/aromatic N) is 9. The first-order valence-electron chi connectivity index (χ1n) is 13.6. The molecule has 1 aliphatic rings. The van der Waals surface area contributed by atoms with Crippen LogP contribution in [0.1, 0.15) is 69.4 Å². The molecule has 0 unspecified atom stereocenters. The fourth-order valence-corrected chi connectivity index (χ4v) is 5.29. The molecule has 7 rings (SSSR count). The summed E-state index contributed by atoms with van der Waals surface area (Å²) in [6.45, 7) is 2.13. The van der Waals surface area contributed by atoms with Gasteiger partial charge >= 0.3 is 5.97 Å². The summed E-state index contributed by atoms with van der Waals surface area (Å²) in [5.41, 5.74) is 3.76. The average molecular weight is 603 g/mol. The summed E-state index contributed by atoms with van der Waals surface area (Å²) in [6.07, 6.45) is 12.7. The number of carboxylic acids is 1. The molecule has 1 fully saturated rings. The van der Waals surface area contributed by atoms with Crippen LogP contribution in [0.5, 0.6) is 0 Å². The zero-order valence-corrected chi connectivity index (χ0v) is 23.5. The highest BCUT2D eigenvalue weighted by atomic mass is 35.5. The zero-order chi connectivity index (χ0) is 29.8. The standard InChI is InChI=1S/C28H24ClFN10O3/c1-2-23-34-21(28(42)43)13-40(23)22-7-16(15-3-4-15)9-38-10-17(33-26(22)38)11-39-12-20(35-36-39)27(41)31-8-19-25-24(30)18(29)5-6-37(25)14-32-19/h5-7,9-10,12-15H,2-4,8,11H2,1H3,(H,31,41)(H,42,43). The van der Waals surface area contributed by atoms with E-state index in [0.717, 1.165) is 24.1 Å². The van der Waals surface area contributed by atoms with E-state index in [-0.39, 0.29) is 35.0 Å². The fraction of sp³-hybridized carbons (Fsp3) is 0.250. The molecule has 15 heteroatoms. The summed E-state index contributed by atoms with van der Waals surface area (Å²) in [4.78, 5) is 37.7. The topological polar surface area (TPSA) is 150 Å². The minimum Gasteiger partial charge on any atom is -0.476 e. The van der Waals surface area contributed by atoms with E-state index in [1.54, 1.807) is 10.8 Å². The number of fused-ring (bicyclic) bond motifs is 2. The number of hydrogen-bond acceptors (Lipinski definition) is 7. The number of rotatable bonds is 9. The fourth-order valence-electron chi connectivity index (χ4n) is 5.14. The number of carbonyl (C=O) groups excluding carboxylic acids is 1. The van der Waals surface area contributed by atoms with Crippen LogP contribution in [-0.4, -0.2) is 60.3 Å². The van der Waals surface area contributed by atoms with Crippen LogP contribution in [0.2, 0.25) is 5.02 Å². The average Bonchev–Trinajstić information content (AvgIpc) is 3.34. The van der Waals surface area contributed by atoms with Gasteiger partial charge in [-0.2, -0.15) is 0 Å². The highest BCUT2D eigenvalue weighted by Crippen LogP contribution is 2.41. The second kappa shape index (κ2) is 10.3. The summed E-state index contributed by atoms with van der Waals surface area (Å²) < 4.78 is 21.2. The lowest BCUT2D eigenvalue weighted by Crippen LogP contribution is -2.23. The molecule has 0 saturated heterocycles. The maximum Gasteiger partial charge on any atom is 0.356 e. The van der Waals surface area contributed by atoms with Gasteiger partial charge in [0.25, 0.3) is 5.91 Å². The lowest BCUT2D eigenvalue weighted by atomic mass is 10.1. The smallest absolute Gasteiger partial charge is 0.356 e. The van der Waals surface area contributed by atoms with Crippen molar-refractivity contribution in [2.24, 2.45) is 0 Å². The lowest BCUT2D eigenvalue weighted by Gasteiger charge is -2.10. The number of aryl methyl sites for hydroxylation is 1. The maximum absolute atomic E-state index is 14.5.